The number of Topliss-reactive ketones (excluding diaryl/α,β-unsaturated/α-hetero) is 1. The summed E-state index contributed by atoms with van der Waals surface area (Å²) in [5.41, 5.74) is 3.05. The maximum Gasteiger partial charge on any atom is 0.308 e. The highest BCUT2D eigenvalue weighted by molar-refractivity contribution is 6.16. The molecule has 4 rings (SSSR count). The Hall–Kier alpha value is -3.54. The number of aromatic nitrogens is 1. The number of methoxy groups -OCH3 is 1. The van der Waals surface area contributed by atoms with Gasteiger partial charge in [0.25, 0.3) is 0 Å². The van der Waals surface area contributed by atoms with Crippen LogP contribution in [-0.2, 0) is 11.8 Å². The molecule has 0 fully saturated rings. The number of rotatable bonds is 3. The Morgan fingerprint density at radius 2 is 1.96 bits per heavy atom. The topological polar surface area (TPSA) is 66.8 Å². The minimum atomic E-state index is -0.427. The van der Waals surface area contributed by atoms with Crippen molar-refractivity contribution in [3.8, 4) is 17.2 Å². The van der Waals surface area contributed by atoms with E-state index in [9.17, 15) is 9.59 Å². The maximum atomic E-state index is 12.9. The second kappa shape index (κ2) is 6.56. The number of ether oxygens (including phenoxy) is 3. The average molecular weight is 377 g/mol. The Balaban J connectivity index is 1.77. The van der Waals surface area contributed by atoms with Crippen LogP contribution < -0.4 is 14.2 Å². The molecule has 0 atom stereocenters. The van der Waals surface area contributed by atoms with Crippen LogP contribution in [-0.4, -0.2) is 23.4 Å². The van der Waals surface area contributed by atoms with Crippen molar-refractivity contribution in [1.29, 1.82) is 0 Å². The number of carbonyl (C=O) groups is 2. The zero-order valence-electron chi connectivity index (χ0n) is 16.0. The molecule has 28 heavy (non-hydrogen) atoms. The second-order valence-corrected chi connectivity index (χ2v) is 6.73. The molecule has 0 amide bonds. The zero-order chi connectivity index (χ0) is 20.0. The fourth-order valence-corrected chi connectivity index (χ4v) is 3.49. The van der Waals surface area contributed by atoms with Crippen LogP contribution in [0.4, 0.5) is 0 Å². The highest BCUT2D eigenvalue weighted by Gasteiger charge is 2.30. The summed E-state index contributed by atoms with van der Waals surface area (Å²) in [5, 5.41) is 0.957. The summed E-state index contributed by atoms with van der Waals surface area (Å²) in [6.45, 7) is 3.12. The van der Waals surface area contributed by atoms with Crippen molar-refractivity contribution < 1.29 is 23.8 Å². The lowest BCUT2D eigenvalue weighted by Gasteiger charge is -2.05. The molecule has 142 valence electrons. The molecule has 2 heterocycles. The van der Waals surface area contributed by atoms with E-state index in [1.54, 1.807) is 32.2 Å². The van der Waals surface area contributed by atoms with Gasteiger partial charge in [-0.3, -0.25) is 9.59 Å². The molecule has 1 aliphatic heterocycles. The zero-order valence-corrected chi connectivity index (χ0v) is 16.0. The van der Waals surface area contributed by atoms with Gasteiger partial charge in [0.15, 0.2) is 5.76 Å². The van der Waals surface area contributed by atoms with E-state index in [1.807, 2.05) is 36.0 Å². The molecule has 3 aromatic rings. The van der Waals surface area contributed by atoms with Crippen molar-refractivity contribution in [2.45, 2.75) is 13.8 Å². The predicted octanol–water partition coefficient (Wildman–Crippen LogP) is 4.04. The SMILES string of the molecule is COc1ccc2c(c1)c(/C=C1\Oc3cc(OC(C)=O)cc(C)c3C1=O)cn2C. The molecule has 6 nitrogen and oxygen atoms in total. The monoisotopic (exact) mass is 377 g/mol. The summed E-state index contributed by atoms with van der Waals surface area (Å²) < 4.78 is 18.3. The molecule has 1 aromatic heterocycles. The van der Waals surface area contributed by atoms with Gasteiger partial charge in [-0.25, -0.2) is 0 Å². The average Bonchev–Trinajstić information content (AvgIpc) is 3.11. The number of hydrogen-bond donors (Lipinski definition) is 0. The van der Waals surface area contributed by atoms with Gasteiger partial charge >= 0.3 is 5.97 Å². The first-order valence-electron chi connectivity index (χ1n) is 8.77. The number of benzene rings is 2. The molecule has 0 saturated heterocycles. The van der Waals surface area contributed by atoms with Crippen molar-refractivity contribution >= 4 is 28.7 Å². The van der Waals surface area contributed by atoms with Gasteiger partial charge in [0.05, 0.1) is 12.7 Å². The quantitative estimate of drug-likeness (QED) is 0.392. The lowest BCUT2D eigenvalue weighted by Crippen LogP contribution is -2.02. The molecular formula is C22H19NO5. The minimum Gasteiger partial charge on any atom is -0.497 e. The maximum absolute atomic E-state index is 12.9. The molecule has 2 aromatic carbocycles. The summed E-state index contributed by atoms with van der Waals surface area (Å²) in [7, 11) is 3.56. The summed E-state index contributed by atoms with van der Waals surface area (Å²) in [5.74, 6) is 1.10. The summed E-state index contributed by atoms with van der Waals surface area (Å²) in [4.78, 5) is 24.1. The number of aryl methyl sites for hydroxylation is 2. The van der Waals surface area contributed by atoms with Gasteiger partial charge in [0.1, 0.15) is 17.2 Å². The van der Waals surface area contributed by atoms with Gasteiger partial charge in [0, 0.05) is 42.7 Å². The van der Waals surface area contributed by atoms with E-state index in [1.165, 1.54) is 6.92 Å². The molecule has 0 aliphatic carbocycles. The van der Waals surface area contributed by atoms with Gasteiger partial charge in [-0.2, -0.15) is 0 Å². The fourth-order valence-electron chi connectivity index (χ4n) is 3.49. The lowest BCUT2D eigenvalue weighted by molar-refractivity contribution is -0.131. The van der Waals surface area contributed by atoms with E-state index in [4.69, 9.17) is 14.2 Å². The van der Waals surface area contributed by atoms with Crippen LogP contribution in [0.2, 0.25) is 0 Å². The molecular weight excluding hydrogens is 358 g/mol. The molecule has 0 bridgehead atoms. The summed E-state index contributed by atoms with van der Waals surface area (Å²) >= 11 is 0. The highest BCUT2D eigenvalue weighted by atomic mass is 16.5. The van der Waals surface area contributed by atoms with E-state index in [0.29, 0.717) is 22.6 Å². The number of allylic oxidation sites excluding steroid dienone is 1. The van der Waals surface area contributed by atoms with Crippen LogP contribution in [0, 0.1) is 6.92 Å². The van der Waals surface area contributed by atoms with Crippen LogP contribution in [0.1, 0.15) is 28.4 Å². The third kappa shape index (κ3) is 2.93. The summed E-state index contributed by atoms with van der Waals surface area (Å²) in [6.07, 6.45) is 3.67. The number of nitrogens with zero attached hydrogens (tertiary/aromatic N) is 1. The van der Waals surface area contributed by atoms with Gasteiger partial charge < -0.3 is 18.8 Å². The van der Waals surface area contributed by atoms with E-state index in [0.717, 1.165) is 22.2 Å². The van der Waals surface area contributed by atoms with Gasteiger partial charge in [-0.05, 0) is 42.8 Å². The molecule has 0 N–H and O–H groups in total. The highest BCUT2D eigenvalue weighted by Crippen LogP contribution is 2.38. The number of esters is 1. The normalized spacial score (nSPS) is 14.3. The number of ketones is 1. The van der Waals surface area contributed by atoms with Crippen LogP contribution in [0.15, 0.2) is 42.3 Å². The first kappa shape index (κ1) is 17.9. The Labute approximate surface area is 161 Å². The van der Waals surface area contributed by atoms with Gasteiger partial charge in [-0.15, -0.1) is 0 Å². The smallest absolute Gasteiger partial charge is 0.308 e. The van der Waals surface area contributed by atoms with Crippen LogP contribution in [0.5, 0.6) is 17.2 Å². The molecule has 0 saturated carbocycles. The molecule has 0 spiro atoms. The minimum absolute atomic E-state index is 0.193. The lowest BCUT2D eigenvalue weighted by atomic mass is 10.0. The van der Waals surface area contributed by atoms with E-state index >= 15 is 0 Å². The first-order valence-corrected chi connectivity index (χ1v) is 8.77. The summed E-state index contributed by atoms with van der Waals surface area (Å²) in [6, 6.07) is 9.02. The van der Waals surface area contributed by atoms with E-state index in [-0.39, 0.29) is 11.5 Å². The van der Waals surface area contributed by atoms with Crippen LogP contribution in [0.25, 0.3) is 17.0 Å². The standard InChI is InChI=1S/C22H19NO5/c1-12-7-16(27-13(2)24)10-19-21(12)22(25)20(28-19)8-14-11-23(3)18-6-5-15(26-4)9-17(14)18/h5-11H,1-4H3/b20-8-. The van der Waals surface area contributed by atoms with Crippen molar-refractivity contribution in [3.63, 3.8) is 0 Å². The Kier molecular flexibility index (Phi) is 4.19. The Morgan fingerprint density at radius 3 is 2.68 bits per heavy atom. The van der Waals surface area contributed by atoms with Crippen LogP contribution >= 0.6 is 0 Å². The van der Waals surface area contributed by atoms with Gasteiger partial charge in [0.2, 0.25) is 5.78 Å². The predicted molar refractivity (Wildman–Crippen MR) is 105 cm³/mol. The number of hydrogen-bond acceptors (Lipinski definition) is 5. The van der Waals surface area contributed by atoms with Crippen molar-refractivity contribution in [1.82, 2.24) is 4.57 Å². The van der Waals surface area contributed by atoms with Crippen molar-refractivity contribution in [3.05, 3.63) is 59.0 Å². The Bertz CT molecular complexity index is 1170. The molecule has 1 aliphatic rings. The first-order chi connectivity index (χ1) is 13.4. The largest absolute Gasteiger partial charge is 0.497 e. The Morgan fingerprint density at radius 1 is 1.18 bits per heavy atom. The second-order valence-electron chi connectivity index (χ2n) is 6.73. The van der Waals surface area contributed by atoms with E-state index < -0.39 is 5.97 Å². The molecule has 0 radical (unpaired) electrons. The third-order valence-corrected chi connectivity index (χ3v) is 4.72. The van der Waals surface area contributed by atoms with Crippen molar-refractivity contribution in [2.75, 3.05) is 7.11 Å². The van der Waals surface area contributed by atoms with Gasteiger partial charge in [-0.1, -0.05) is 0 Å². The van der Waals surface area contributed by atoms with Crippen LogP contribution in [0.3, 0.4) is 0 Å². The molecule has 0 unspecified atom stereocenters. The number of carbonyl (C=O) groups excluding carboxylic acids is 2. The van der Waals surface area contributed by atoms with Crippen molar-refractivity contribution in [2.24, 2.45) is 7.05 Å². The fraction of sp³-hybridized carbons (Fsp3) is 0.182. The molecule has 6 heteroatoms. The van der Waals surface area contributed by atoms with E-state index in [2.05, 4.69) is 0 Å². The third-order valence-electron chi connectivity index (χ3n) is 4.72. The number of fused-ring (bicyclic) bond motifs is 2.